The molecular weight excluding hydrogens is 234 g/mol. The lowest BCUT2D eigenvalue weighted by Gasteiger charge is -2.26. The van der Waals surface area contributed by atoms with Crippen LogP contribution in [0.3, 0.4) is 0 Å². The third-order valence-corrected chi connectivity index (χ3v) is 2.89. The molecule has 0 spiro atoms. The number of ether oxygens (including phenoxy) is 2. The summed E-state index contributed by atoms with van der Waals surface area (Å²) >= 11 is 0. The molecular formula is C13H23NO4. The Labute approximate surface area is 108 Å². The van der Waals surface area contributed by atoms with Gasteiger partial charge in [-0.25, -0.2) is 4.79 Å². The smallest absolute Gasteiger partial charge is 0.407 e. The molecule has 2 unspecified atom stereocenters. The van der Waals surface area contributed by atoms with E-state index in [0.717, 1.165) is 12.8 Å². The Bertz CT molecular complexity index is 309. The van der Waals surface area contributed by atoms with Crippen LogP contribution in [0, 0.1) is 5.92 Å². The zero-order valence-electron chi connectivity index (χ0n) is 11.6. The van der Waals surface area contributed by atoms with Gasteiger partial charge in [0, 0.05) is 19.4 Å². The van der Waals surface area contributed by atoms with Crippen LogP contribution in [0.5, 0.6) is 0 Å². The second-order valence-electron chi connectivity index (χ2n) is 5.67. The molecule has 0 aromatic heterocycles. The average molecular weight is 257 g/mol. The van der Waals surface area contributed by atoms with Crippen molar-refractivity contribution in [2.24, 2.45) is 5.92 Å². The first-order valence-corrected chi connectivity index (χ1v) is 6.34. The van der Waals surface area contributed by atoms with Crippen LogP contribution in [0.15, 0.2) is 0 Å². The van der Waals surface area contributed by atoms with Crippen LogP contribution >= 0.6 is 0 Å². The lowest BCUT2D eigenvalue weighted by Crippen LogP contribution is -2.46. The van der Waals surface area contributed by atoms with Gasteiger partial charge in [-0.1, -0.05) is 0 Å². The Balaban J connectivity index is 2.57. The van der Waals surface area contributed by atoms with Gasteiger partial charge in [0.05, 0.1) is 12.6 Å². The second kappa shape index (κ2) is 6.18. The van der Waals surface area contributed by atoms with Gasteiger partial charge in [-0.2, -0.15) is 0 Å². The zero-order chi connectivity index (χ0) is 13.8. The minimum atomic E-state index is -0.540. The molecule has 1 saturated carbocycles. The minimum absolute atomic E-state index is 0.141. The molecule has 1 rings (SSSR count). The Kier molecular flexibility index (Phi) is 5.14. The molecule has 5 heteroatoms. The van der Waals surface area contributed by atoms with E-state index in [1.807, 2.05) is 0 Å². The van der Waals surface area contributed by atoms with Crippen molar-refractivity contribution >= 4 is 11.9 Å². The molecule has 0 aromatic carbocycles. The fraction of sp³-hybridized carbons (Fsp3) is 0.846. The predicted octanol–water partition coefficient (Wildman–Crippen LogP) is 1.90. The summed E-state index contributed by atoms with van der Waals surface area (Å²) in [6, 6.07) is -0.292. The molecule has 0 heterocycles. The van der Waals surface area contributed by atoms with Crippen LogP contribution < -0.4 is 5.32 Å². The van der Waals surface area contributed by atoms with Crippen molar-refractivity contribution in [3.8, 4) is 0 Å². The first kappa shape index (κ1) is 15.0. The number of hydrogen-bond donors (Lipinski definition) is 1. The molecule has 18 heavy (non-hydrogen) atoms. The maximum atomic E-state index is 11.7. The number of methoxy groups -OCH3 is 1. The van der Waals surface area contributed by atoms with Gasteiger partial charge >= 0.3 is 6.09 Å². The van der Waals surface area contributed by atoms with Crippen molar-refractivity contribution in [2.75, 3.05) is 13.7 Å². The van der Waals surface area contributed by atoms with Crippen molar-refractivity contribution < 1.29 is 19.1 Å². The van der Waals surface area contributed by atoms with Gasteiger partial charge in [0.1, 0.15) is 11.4 Å². The Morgan fingerprint density at radius 1 is 1.50 bits per heavy atom. The average Bonchev–Trinajstić information content (AvgIpc) is 2.60. The molecule has 1 N–H and O–H groups in total. The highest BCUT2D eigenvalue weighted by molar-refractivity contribution is 5.84. The summed E-state index contributed by atoms with van der Waals surface area (Å²) in [4.78, 5) is 23.4. The van der Waals surface area contributed by atoms with E-state index < -0.39 is 11.7 Å². The van der Waals surface area contributed by atoms with E-state index in [1.165, 1.54) is 0 Å². The number of rotatable bonds is 4. The summed E-state index contributed by atoms with van der Waals surface area (Å²) < 4.78 is 10.3. The van der Waals surface area contributed by atoms with E-state index in [4.69, 9.17) is 9.47 Å². The predicted molar refractivity (Wildman–Crippen MR) is 67.4 cm³/mol. The SMILES string of the molecule is COCC(NC(=O)OC(C)(C)C)C1CCCC1=O. The maximum absolute atomic E-state index is 11.7. The molecule has 1 fully saturated rings. The van der Waals surface area contributed by atoms with Crippen LogP contribution in [-0.2, 0) is 14.3 Å². The van der Waals surface area contributed by atoms with E-state index in [0.29, 0.717) is 13.0 Å². The van der Waals surface area contributed by atoms with Gasteiger partial charge in [-0.05, 0) is 33.6 Å². The molecule has 0 aliphatic heterocycles. The third-order valence-electron chi connectivity index (χ3n) is 2.89. The summed E-state index contributed by atoms with van der Waals surface area (Å²) in [6.07, 6.45) is 1.80. The summed E-state index contributed by atoms with van der Waals surface area (Å²) in [7, 11) is 1.56. The number of ketones is 1. The van der Waals surface area contributed by atoms with Crippen molar-refractivity contribution in [3.05, 3.63) is 0 Å². The molecule has 5 nitrogen and oxygen atoms in total. The molecule has 0 aromatic rings. The largest absolute Gasteiger partial charge is 0.444 e. The van der Waals surface area contributed by atoms with Crippen LogP contribution in [0.4, 0.5) is 4.79 Å². The highest BCUT2D eigenvalue weighted by Crippen LogP contribution is 2.25. The number of alkyl carbamates (subject to hydrolysis) is 1. The van der Waals surface area contributed by atoms with Gasteiger partial charge in [-0.3, -0.25) is 4.79 Å². The molecule has 1 amide bonds. The van der Waals surface area contributed by atoms with Crippen LogP contribution in [0.2, 0.25) is 0 Å². The number of Topliss-reactive ketones (excluding diaryl/α,β-unsaturated/α-hetero) is 1. The van der Waals surface area contributed by atoms with Gasteiger partial charge in [0.2, 0.25) is 0 Å². The van der Waals surface area contributed by atoms with Crippen molar-refractivity contribution in [1.29, 1.82) is 0 Å². The van der Waals surface area contributed by atoms with Gasteiger partial charge in [0.15, 0.2) is 0 Å². The molecule has 0 bridgehead atoms. The van der Waals surface area contributed by atoms with Gasteiger partial charge < -0.3 is 14.8 Å². The Morgan fingerprint density at radius 2 is 2.17 bits per heavy atom. The highest BCUT2D eigenvalue weighted by atomic mass is 16.6. The molecule has 0 radical (unpaired) electrons. The highest BCUT2D eigenvalue weighted by Gasteiger charge is 2.33. The lowest BCUT2D eigenvalue weighted by molar-refractivity contribution is -0.121. The fourth-order valence-corrected chi connectivity index (χ4v) is 2.17. The minimum Gasteiger partial charge on any atom is -0.444 e. The molecule has 1 aliphatic rings. The van der Waals surface area contributed by atoms with E-state index in [9.17, 15) is 9.59 Å². The van der Waals surface area contributed by atoms with E-state index in [1.54, 1.807) is 27.9 Å². The number of hydrogen-bond acceptors (Lipinski definition) is 4. The number of carbonyl (C=O) groups is 2. The lowest BCUT2D eigenvalue weighted by atomic mass is 9.98. The fourth-order valence-electron chi connectivity index (χ4n) is 2.17. The number of carbonyl (C=O) groups excluding carboxylic acids is 2. The molecule has 1 aliphatic carbocycles. The van der Waals surface area contributed by atoms with Crippen molar-refractivity contribution in [2.45, 2.75) is 51.7 Å². The van der Waals surface area contributed by atoms with E-state index >= 15 is 0 Å². The zero-order valence-corrected chi connectivity index (χ0v) is 11.6. The third kappa shape index (κ3) is 4.64. The topological polar surface area (TPSA) is 64.6 Å². The number of amides is 1. The summed E-state index contributed by atoms with van der Waals surface area (Å²) in [5, 5.41) is 2.74. The van der Waals surface area contributed by atoms with Crippen LogP contribution in [-0.4, -0.2) is 37.2 Å². The number of nitrogens with one attached hydrogen (secondary N) is 1. The molecule has 2 atom stereocenters. The first-order valence-electron chi connectivity index (χ1n) is 6.34. The molecule has 104 valence electrons. The Hall–Kier alpha value is -1.10. The normalized spacial score (nSPS) is 21.8. The van der Waals surface area contributed by atoms with E-state index in [2.05, 4.69) is 5.32 Å². The van der Waals surface area contributed by atoms with E-state index in [-0.39, 0.29) is 17.7 Å². The van der Waals surface area contributed by atoms with Crippen LogP contribution in [0.25, 0.3) is 0 Å². The van der Waals surface area contributed by atoms with Crippen LogP contribution in [0.1, 0.15) is 40.0 Å². The Morgan fingerprint density at radius 3 is 2.61 bits per heavy atom. The van der Waals surface area contributed by atoms with Crippen molar-refractivity contribution in [1.82, 2.24) is 5.32 Å². The second-order valence-corrected chi connectivity index (χ2v) is 5.67. The summed E-state index contributed by atoms with van der Waals surface area (Å²) in [6.45, 7) is 5.74. The quantitative estimate of drug-likeness (QED) is 0.835. The molecule has 0 saturated heterocycles. The summed E-state index contributed by atoms with van der Waals surface area (Å²) in [5.41, 5.74) is -0.540. The van der Waals surface area contributed by atoms with Gasteiger partial charge in [0.25, 0.3) is 0 Å². The maximum Gasteiger partial charge on any atom is 0.407 e. The monoisotopic (exact) mass is 257 g/mol. The van der Waals surface area contributed by atoms with Crippen molar-refractivity contribution in [3.63, 3.8) is 0 Å². The summed E-state index contributed by atoms with van der Waals surface area (Å²) in [5.74, 6) is 0.0607. The standard InChI is InChI=1S/C13H23NO4/c1-13(2,3)18-12(16)14-10(8-17-4)9-6-5-7-11(9)15/h9-10H,5-8H2,1-4H3,(H,14,16). The van der Waals surface area contributed by atoms with Gasteiger partial charge in [-0.15, -0.1) is 0 Å². The first-order chi connectivity index (χ1) is 8.33.